The standard InChI is InChI=1S/C23H24F3N5O3/c1-30-11-15-4-7-18(28-21(15)34-16(13-30)10-23(24,25)26)27-19-8-6-17(22(29-19)33-3)14-5-9-20(32)31(2)12-14/h4-9,12,16H,10-11,13H2,1-3H3,(H,27,28,29). The lowest BCUT2D eigenvalue weighted by atomic mass is 10.1. The van der Waals surface area contributed by atoms with Gasteiger partial charge in [-0.15, -0.1) is 0 Å². The van der Waals surface area contributed by atoms with Crippen molar-refractivity contribution in [3.05, 3.63) is 58.5 Å². The molecule has 11 heteroatoms. The van der Waals surface area contributed by atoms with Crippen molar-refractivity contribution in [2.24, 2.45) is 7.05 Å². The lowest BCUT2D eigenvalue weighted by molar-refractivity contribution is -0.151. The number of hydrogen-bond donors (Lipinski definition) is 1. The lowest BCUT2D eigenvalue weighted by Gasteiger charge is -2.21. The molecular formula is C23H24F3N5O3. The molecule has 1 unspecified atom stereocenters. The molecule has 34 heavy (non-hydrogen) atoms. The predicted octanol–water partition coefficient (Wildman–Crippen LogP) is 3.74. The van der Waals surface area contributed by atoms with Gasteiger partial charge in [-0.25, -0.2) is 0 Å². The van der Waals surface area contributed by atoms with Crippen molar-refractivity contribution in [3.63, 3.8) is 0 Å². The number of alkyl halides is 3. The van der Waals surface area contributed by atoms with Gasteiger partial charge >= 0.3 is 6.18 Å². The SMILES string of the molecule is COc1nc(Nc2ccc3c(n2)OC(CC(F)(F)F)CN(C)C3)ccc1-c1ccc(=O)n(C)c1. The molecule has 180 valence electrons. The number of pyridine rings is 3. The Bertz CT molecular complexity index is 1250. The van der Waals surface area contributed by atoms with Crippen LogP contribution < -0.4 is 20.3 Å². The molecule has 0 radical (unpaired) electrons. The van der Waals surface area contributed by atoms with Crippen molar-refractivity contribution < 1.29 is 22.6 Å². The number of fused-ring (bicyclic) bond motifs is 1. The fourth-order valence-electron chi connectivity index (χ4n) is 3.79. The first-order valence-corrected chi connectivity index (χ1v) is 10.5. The highest BCUT2D eigenvalue weighted by atomic mass is 19.4. The van der Waals surface area contributed by atoms with Gasteiger partial charge in [0.2, 0.25) is 17.3 Å². The second-order valence-corrected chi connectivity index (χ2v) is 8.16. The summed E-state index contributed by atoms with van der Waals surface area (Å²) in [4.78, 5) is 22.3. The van der Waals surface area contributed by atoms with Crippen LogP contribution in [-0.2, 0) is 13.6 Å². The maximum atomic E-state index is 12.9. The molecule has 0 saturated carbocycles. The van der Waals surface area contributed by atoms with Gasteiger partial charge in [0, 0.05) is 49.1 Å². The first kappa shape index (κ1) is 23.6. The Morgan fingerprint density at radius 2 is 1.85 bits per heavy atom. The van der Waals surface area contributed by atoms with Gasteiger partial charge in [-0.05, 0) is 37.4 Å². The van der Waals surface area contributed by atoms with Crippen molar-refractivity contribution in [2.45, 2.75) is 25.2 Å². The summed E-state index contributed by atoms with van der Waals surface area (Å²) in [5.41, 5.74) is 2.02. The van der Waals surface area contributed by atoms with Crippen LogP contribution in [0.4, 0.5) is 24.8 Å². The molecule has 4 rings (SSSR count). The molecule has 0 saturated heterocycles. The third-order valence-corrected chi connectivity index (χ3v) is 5.34. The summed E-state index contributed by atoms with van der Waals surface area (Å²) in [5.74, 6) is 1.30. The number of rotatable bonds is 5. The van der Waals surface area contributed by atoms with Gasteiger partial charge in [0.25, 0.3) is 0 Å². The molecule has 0 spiro atoms. The molecular weight excluding hydrogens is 451 g/mol. The van der Waals surface area contributed by atoms with Gasteiger partial charge in [-0.2, -0.15) is 23.1 Å². The van der Waals surface area contributed by atoms with Crippen LogP contribution in [0, 0.1) is 0 Å². The second-order valence-electron chi connectivity index (χ2n) is 8.16. The molecule has 4 heterocycles. The average Bonchev–Trinajstić information content (AvgIpc) is 2.91. The zero-order valence-corrected chi connectivity index (χ0v) is 18.9. The van der Waals surface area contributed by atoms with Crippen molar-refractivity contribution in [1.82, 2.24) is 19.4 Å². The summed E-state index contributed by atoms with van der Waals surface area (Å²) in [5, 5.41) is 3.05. The maximum Gasteiger partial charge on any atom is 0.392 e. The molecule has 0 aliphatic carbocycles. The van der Waals surface area contributed by atoms with E-state index in [1.807, 2.05) is 0 Å². The van der Waals surface area contributed by atoms with Gasteiger partial charge < -0.3 is 19.4 Å². The fourth-order valence-corrected chi connectivity index (χ4v) is 3.79. The lowest BCUT2D eigenvalue weighted by Crippen LogP contribution is -2.34. The van der Waals surface area contributed by atoms with E-state index >= 15 is 0 Å². The number of anilines is 2. The number of halogens is 3. The Morgan fingerprint density at radius 1 is 1.12 bits per heavy atom. The third-order valence-electron chi connectivity index (χ3n) is 5.34. The fraction of sp³-hybridized carbons (Fsp3) is 0.348. The zero-order valence-electron chi connectivity index (χ0n) is 18.9. The normalized spacial score (nSPS) is 16.4. The monoisotopic (exact) mass is 475 g/mol. The van der Waals surface area contributed by atoms with E-state index in [4.69, 9.17) is 9.47 Å². The predicted molar refractivity (Wildman–Crippen MR) is 120 cm³/mol. The van der Waals surface area contributed by atoms with Crippen molar-refractivity contribution >= 4 is 11.6 Å². The van der Waals surface area contributed by atoms with Crippen molar-refractivity contribution in [1.29, 1.82) is 0 Å². The highest BCUT2D eigenvalue weighted by Crippen LogP contribution is 2.32. The summed E-state index contributed by atoms with van der Waals surface area (Å²) in [6, 6.07) is 10.2. The molecule has 8 nitrogen and oxygen atoms in total. The van der Waals surface area contributed by atoms with Gasteiger partial charge in [0.1, 0.15) is 17.7 Å². The summed E-state index contributed by atoms with van der Waals surface area (Å²) < 4.78 is 51.4. The number of likely N-dealkylation sites (N-methyl/N-ethyl adjacent to an activating group) is 1. The number of aryl methyl sites for hydroxylation is 1. The number of ether oxygens (including phenoxy) is 2. The number of hydrogen-bond acceptors (Lipinski definition) is 7. The number of methoxy groups -OCH3 is 1. The van der Waals surface area contributed by atoms with Gasteiger partial charge in [-0.3, -0.25) is 9.69 Å². The quantitative estimate of drug-likeness (QED) is 0.602. The highest BCUT2D eigenvalue weighted by molar-refractivity contribution is 5.70. The third kappa shape index (κ3) is 5.48. The van der Waals surface area contributed by atoms with E-state index in [2.05, 4.69) is 15.3 Å². The largest absolute Gasteiger partial charge is 0.480 e. The molecule has 0 fully saturated rings. The van der Waals surface area contributed by atoms with E-state index in [0.717, 1.165) is 5.56 Å². The van der Waals surface area contributed by atoms with Crippen LogP contribution in [0.5, 0.6) is 11.8 Å². The van der Waals surface area contributed by atoms with Crippen molar-refractivity contribution in [3.8, 4) is 22.9 Å². The van der Waals surface area contributed by atoms with Crippen LogP contribution in [0.1, 0.15) is 12.0 Å². The van der Waals surface area contributed by atoms with Crippen LogP contribution in [0.3, 0.4) is 0 Å². The van der Waals surface area contributed by atoms with E-state index in [1.54, 1.807) is 55.5 Å². The zero-order chi connectivity index (χ0) is 24.5. The molecule has 1 N–H and O–H groups in total. The summed E-state index contributed by atoms with van der Waals surface area (Å²) in [7, 11) is 4.89. The molecule has 1 aliphatic rings. The molecule has 1 atom stereocenters. The number of nitrogens with one attached hydrogen (secondary N) is 1. The van der Waals surface area contributed by atoms with E-state index in [0.29, 0.717) is 35.2 Å². The number of aromatic nitrogens is 3. The maximum absolute atomic E-state index is 12.9. The van der Waals surface area contributed by atoms with E-state index in [-0.39, 0.29) is 18.0 Å². The molecule has 0 aromatic carbocycles. The average molecular weight is 475 g/mol. The van der Waals surface area contributed by atoms with Crippen LogP contribution in [0.2, 0.25) is 0 Å². The topological polar surface area (TPSA) is 81.5 Å². The molecule has 3 aromatic heterocycles. The number of nitrogens with zero attached hydrogens (tertiary/aromatic N) is 4. The molecule has 0 bridgehead atoms. The molecule has 3 aromatic rings. The van der Waals surface area contributed by atoms with E-state index in [9.17, 15) is 18.0 Å². The first-order chi connectivity index (χ1) is 16.1. The minimum atomic E-state index is -4.33. The molecule has 1 aliphatic heterocycles. The van der Waals surface area contributed by atoms with Gasteiger partial charge in [0.05, 0.1) is 13.5 Å². The smallest absolute Gasteiger partial charge is 0.392 e. The minimum absolute atomic E-state index is 0.130. The van der Waals surface area contributed by atoms with Crippen LogP contribution in [0.25, 0.3) is 11.1 Å². The summed E-state index contributed by atoms with van der Waals surface area (Å²) in [6.45, 7) is 0.571. The minimum Gasteiger partial charge on any atom is -0.480 e. The van der Waals surface area contributed by atoms with Crippen LogP contribution >= 0.6 is 0 Å². The second kappa shape index (κ2) is 9.34. The summed E-state index contributed by atoms with van der Waals surface area (Å²) >= 11 is 0. The Labute approximate surface area is 194 Å². The Hall–Kier alpha value is -3.60. The Morgan fingerprint density at radius 3 is 2.56 bits per heavy atom. The van der Waals surface area contributed by atoms with Crippen LogP contribution in [-0.4, -0.2) is 52.4 Å². The Balaban J connectivity index is 1.58. The van der Waals surface area contributed by atoms with E-state index < -0.39 is 18.7 Å². The van der Waals surface area contributed by atoms with Gasteiger partial charge in [-0.1, -0.05) is 0 Å². The highest BCUT2D eigenvalue weighted by Gasteiger charge is 2.35. The van der Waals surface area contributed by atoms with Crippen molar-refractivity contribution in [2.75, 3.05) is 26.0 Å². The van der Waals surface area contributed by atoms with Gasteiger partial charge in [0.15, 0.2) is 0 Å². The van der Waals surface area contributed by atoms with E-state index in [1.165, 1.54) is 17.7 Å². The first-order valence-electron chi connectivity index (χ1n) is 10.5. The summed E-state index contributed by atoms with van der Waals surface area (Å²) in [6.07, 6.45) is -4.75. The Kier molecular flexibility index (Phi) is 6.47. The molecule has 0 amide bonds. The van der Waals surface area contributed by atoms with Crippen LogP contribution in [0.15, 0.2) is 47.4 Å².